The molecule has 0 bridgehead atoms. The van der Waals surface area contributed by atoms with Gasteiger partial charge in [0.15, 0.2) is 11.6 Å². The molecule has 0 saturated carbocycles. The molecule has 2 rings (SSSR count). The van der Waals surface area contributed by atoms with Gasteiger partial charge in [-0.1, -0.05) is 12.5 Å². The number of nitrogens with one attached hydrogen (secondary N) is 1. The quantitative estimate of drug-likeness (QED) is 0.893. The lowest BCUT2D eigenvalue weighted by Crippen LogP contribution is -2.50. The Hall–Kier alpha value is -1.69. The van der Waals surface area contributed by atoms with Crippen LogP contribution in [0, 0.1) is 11.6 Å². The van der Waals surface area contributed by atoms with Crippen molar-refractivity contribution < 1.29 is 13.6 Å². The van der Waals surface area contributed by atoms with E-state index in [0.29, 0.717) is 18.2 Å². The van der Waals surface area contributed by atoms with Gasteiger partial charge in [-0.2, -0.15) is 0 Å². The second kappa shape index (κ2) is 8.42. The van der Waals surface area contributed by atoms with E-state index in [2.05, 4.69) is 24.1 Å². The summed E-state index contributed by atoms with van der Waals surface area (Å²) in [5.74, 6) is -1.77. The van der Waals surface area contributed by atoms with Gasteiger partial charge in [-0.15, -0.1) is 0 Å². The number of hydrogen-bond donors (Lipinski definition) is 1. The topological polar surface area (TPSA) is 35.6 Å². The van der Waals surface area contributed by atoms with Crippen LogP contribution in [0.1, 0.15) is 38.7 Å². The number of amides is 2. The Balaban J connectivity index is 1.81. The number of carbonyl (C=O) groups is 1. The second-order valence-electron chi connectivity index (χ2n) is 6.72. The van der Waals surface area contributed by atoms with Crippen LogP contribution in [0.15, 0.2) is 18.2 Å². The summed E-state index contributed by atoms with van der Waals surface area (Å²) < 4.78 is 26.2. The minimum absolute atomic E-state index is 0.212. The third-order valence-electron chi connectivity index (χ3n) is 4.72. The molecule has 0 radical (unpaired) electrons. The number of nitrogens with zero attached hydrogens (tertiary/aromatic N) is 2. The molecule has 0 aromatic heterocycles. The first-order valence-electron chi connectivity index (χ1n) is 8.57. The Morgan fingerprint density at radius 1 is 1.38 bits per heavy atom. The highest BCUT2D eigenvalue weighted by Crippen LogP contribution is 2.18. The van der Waals surface area contributed by atoms with Gasteiger partial charge >= 0.3 is 6.03 Å². The Kier molecular flexibility index (Phi) is 6.54. The number of rotatable bonds is 5. The lowest BCUT2D eigenvalue weighted by molar-refractivity contribution is 0.112. The first-order valence-corrected chi connectivity index (χ1v) is 8.57. The summed E-state index contributed by atoms with van der Waals surface area (Å²) in [5, 5.41) is 2.92. The van der Waals surface area contributed by atoms with E-state index in [1.807, 2.05) is 0 Å². The molecule has 24 heavy (non-hydrogen) atoms. The standard InChI is InChI=1S/C18H27F2N3O/c1-13-6-4-5-9-23(13)14(2)11-21-18(24)22(3)12-15-7-8-16(19)17(20)10-15/h7-8,10,13-14H,4-6,9,11-12H2,1-3H3,(H,21,24)/t13-,14+/m0/s1. The Morgan fingerprint density at radius 2 is 2.12 bits per heavy atom. The van der Waals surface area contributed by atoms with Crippen LogP contribution in [0.25, 0.3) is 0 Å². The van der Waals surface area contributed by atoms with Crippen LogP contribution < -0.4 is 5.32 Å². The van der Waals surface area contributed by atoms with Crippen LogP contribution >= 0.6 is 0 Å². The van der Waals surface area contributed by atoms with Gasteiger partial charge in [0.1, 0.15) is 0 Å². The highest BCUT2D eigenvalue weighted by molar-refractivity contribution is 5.73. The molecule has 1 aliphatic rings. The molecule has 134 valence electrons. The maximum atomic E-state index is 13.2. The minimum Gasteiger partial charge on any atom is -0.336 e. The number of urea groups is 1. The maximum Gasteiger partial charge on any atom is 0.317 e. The summed E-state index contributed by atoms with van der Waals surface area (Å²) in [6, 6.07) is 4.30. The van der Waals surface area contributed by atoms with Crippen molar-refractivity contribution in [1.82, 2.24) is 15.1 Å². The van der Waals surface area contributed by atoms with E-state index >= 15 is 0 Å². The first kappa shape index (κ1) is 18.6. The lowest BCUT2D eigenvalue weighted by atomic mass is 10.0. The predicted octanol–water partition coefficient (Wildman–Crippen LogP) is 3.37. The molecule has 0 unspecified atom stereocenters. The smallest absolute Gasteiger partial charge is 0.317 e. The van der Waals surface area contributed by atoms with E-state index in [1.54, 1.807) is 7.05 Å². The van der Waals surface area contributed by atoms with Crippen molar-refractivity contribution in [3.05, 3.63) is 35.4 Å². The fourth-order valence-corrected chi connectivity index (χ4v) is 3.25. The van der Waals surface area contributed by atoms with Gasteiger partial charge in [0.05, 0.1) is 0 Å². The SMILES string of the molecule is C[C@H](CNC(=O)N(C)Cc1ccc(F)c(F)c1)N1CCCC[C@@H]1C. The van der Waals surface area contributed by atoms with E-state index in [1.165, 1.54) is 30.2 Å². The zero-order chi connectivity index (χ0) is 17.7. The molecule has 1 aromatic rings. The fraction of sp³-hybridized carbons (Fsp3) is 0.611. The number of benzene rings is 1. The lowest BCUT2D eigenvalue weighted by Gasteiger charge is -2.38. The normalized spacial score (nSPS) is 19.8. The van der Waals surface area contributed by atoms with Gasteiger partial charge in [0.2, 0.25) is 0 Å². The van der Waals surface area contributed by atoms with Crippen molar-refractivity contribution in [2.24, 2.45) is 0 Å². The highest BCUT2D eigenvalue weighted by atomic mass is 19.2. The molecule has 1 N–H and O–H groups in total. The maximum absolute atomic E-state index is 13.2. The molecule has 1 aliphatic heterocycles. The number of likely N-dealkylation sites (tertiary alicyclic amines) is 1. The largest absolute Gasteiger partial charge is 0.336 e. The Morgan fingerprint density at radius 3 is 2.79 bits per heavy atom. The Bertz CT molecular complexity index is 567. The monoisotopic (exact) mass is 339 g/mol. The number of halogens is 2. The average molecular weight is 339 g/mol. The number of hydrogen-bond acceptors (Lipinski definition) is 2. The summed E-state index contributed by atoms with van der Waals surface area (Å²) >= 11 is 0. The Labute approximate surface area is 142 Å². The summed E-state index contributed by atoms with van der Waals surface area (Å²) in [5.41, 5.74) is 0.559. The fourth-order valence-electron chi connectivity index (χ4n) is 3.25. The van der Waals surface area contributed by atoms with Crippen LogP contribution in [0.2, 0.25) is 0 Å². The summed E-state index contributed by atoms with van der Waals surface area (Å²) in [6.45, 7) is 6.23. The van der Waals surface area contributed by atoms with Gasteiger partial charge in [-0.05, 0) is 50.9 Å². The molecule has 6 heteroatoms. The summed E-state index contributed by atoms with van der Waals surface area (Å²) in [4.78, 5) is 16.1. The van der Waals surface area contributed by atoms with Crippen LogP contribution in [0.3, 0.4) is 0 Å². The highest BCUT2D eigenvalue weighted by Gasteiger charge is 2.23. The molecule has 0 spiro atoms. The first-order chi connectivity index (χ1) is 11.4. The number of carbonyl (C=O) groups excluding carboxylic acids is 1. The van der Waals surface area contributed by atoms with E-state index < -0.39 is 11.6 Å². The van der Waals surface area contributed by atoms with E-state index in [-0.39, 0.29) is 18.6 Å². The van der Waals surface area contributed by atoms with Crippen LogP contribution in [-0.4, -0.2) is 48.1 Å². The minimum atomic E-state index is -0.894. The predicted molar refractivity (Wildman–Crippen MR) is 90.7 cm³/mol. The molecule has 1 saturated heterocycles. The number of piperidine rings is 1. The zero-order valence-electron chi connectivity index (χ0n) is 14.7. The van der Waals surface area contributed by atoms with Gasteiger partial charge in [0, 0.05) is 32.2 Å². The molecule has 4 nitrogen and oxygen atoms in total. The zero-order valence-corrected chi connectivity index (χ0v) is 14.7. The van der Waals surface area contributed by atoms with Crippen molar-refractivity contribution in [3.63, 3.8) is 0 Å². The van der Waals surface area contributed by atoms with Gasteiger partial charge in [-0.25, -0.2) is 13.6 Å². The molecular formula is C18H27F2N3O. The van der Waals surface area contributed by atoms with Gasteiger partial charge in [-0.3, -0.25) is 4.90 Å². The van der Waals surface area contributed by atoms with Gasteiger partial charge in [0.25, 0.3) is 0 Å². The van der Waals surface area contributed by atoms with Crippen LogP contribution in [-0.2, 0) is 6.54 Å². The van der Waals surface area contributed by atoms with Crippen molar-refractivity contribution >= 4 is 6.03 Å². The van der Waals surface area contributed by atoms with Crippen LogP contribution in [0.5, 0.6) is 0 Å². The van der Waals surface area contributed by atoms with Crippen molar-refractivity contribution in [2.45, 2.75) is 51.7 Å². The molecule has 2 atom stereocenters. The van der Waals surface area contributed by atoms with Gasteiger partial charge < -0.3 is 10.2 Å². The molecule has 0 aliphatic carbocycles. The molecule has 1 heterocycles. The third kappa shape index (κ3) is 4.90. The van der Waals surface area contributed by atoms with Crippen LogP contribution in [0.4, 0.5) is 13.6 Å². The summed E-state index contributed by atoms with van der Waals surface area (Å²) in [7, 11) is 1.64. The van der Waals surface area contributed by atoms with E-state index in [9.17, 15) is 13.6 Å². The average Bonchev–Trinajstić information content (AvgIpc) is 2.56. The summed E-state index contributed by atoms with van der Waals surface area (Å²) in [6.07, 6.45) is 3.68. The molecule has 2 amide bonds. The van der Waals surface area contributed by atoms with E-state index in [4.69, 9.17) is 0 Å². The molecular weight excluding hydrogens is 312 g/mol. The molecule has 1 aromatic carbocycles. The van der Waals surface area contributed by atoms with E-state index in [0.717, 1.165) is 18.7 Å². The second-order valence-corrected chi connectivity index (χ2v) is 6.72. The van der Waals surface area contributed by atoms with Crippen molar-refractivity contribution in [1.29, 1.82) is 0 Å². The van der Waals surface area contributed by atoms with Crippen molar-refractivity contribution in [3.8, 4) is 0 Å². The van der Waals surface area contributed by atoms with Crippen molar-refractivity contribution in [2.75, 3.05) is 20.1 Å². The third-order valence-corrected chi connectivity index (χ3v) is 4.72. The molecule has 1 fully saturated rings.